The Morgan fingerprint density at radius 1 is 1.02 bits per heavy atom. The first kappa shape index (κ1) is 35.3. The number of likely N-dealkylation sites (N-methyl/N-ethyl adjacent to an activating group) is 1. The molecule has 2 N–H and O–H groups in total. The second kappa shape index (κ2) is 15.2. The van der Waals surface area contributed by atoms with Crippen LogP contribution in [0.3, 0.4) is 0 Å². The van der Waals surface area contributed by atoms with Gasteiger partial charge in [0, 0.05) is 25.2 Å². The number of rotatable bonds is 11. The van der Waals surface area contributed by atoms with Crippen LogP contribution in [0.1, 0.15) is 93.3 Å². The molecule has 1 unspecified atom stereocenters. The normalized spacial score (nSPS) is 21.3. The molecule has 0 aliphatic carbocycles. The Bertz CT molecular complexity index is 1170. The molecular formula is C34H55N5O5. The Morgan fingerprint density at radius 2 is 1.70 bits per heavy atom. The molecule has 1 aromatic heterocycles. The van der Waals surface area contributed by atoms with Crippen molar-refractivity contribution in [2.75, 3.05) is 20.1 Å². The van der Waals surface area contributed by atoms with Crippen LogP contribution in [0.15, 0.2) is 34.5 Å². The lowest BCUT2D eigenvalue weighted by Gasteiger charge is -2.41. The van der Waals surface area contributed by atoms with Gasteiger partial charge in [0.2, 0.25) is 23.6 Å². The van der Waals surface area contributed by atoms with E-state index in [0.717, 1.165) is 32.2 Å². The molecule has 2 saturated heterocycles. The Labute approximate surface area is 263 Å². The Kier molecular flexibility index (Phi) is 12.2. The minimum atomic E-state index is -0.734. The standard InChI is InChI=1S/C34H55N5O5/c1-22(2)28(20-24(5)32(42)39-18-12-16-26(39)30(40)35-21-25-14-13-19-44-25)37(9)33(43)29(34(6,7)8)36-31(41)27-15-10-11-17-38(27)23(3)4/h13-14,19-20,22-23,26-29H,10-12,15-18,21H2,1-9H3,(H,35,40)(H,36,41)/t26-,27?,28+,29+/m0/s1. The van der Waals surface area contributed by atoms with Gasteiger partial charge in [-0.15, -0.1) is 0 Å². The fourth-order valence-corrected chi connectivity index (χ4v) is 6.38. The summed E-state index contributed by atoms with van der Waals surface area (Å²) in [6.07, 6.45) is 7.57. The third-order valence-corrected chi connectivity index (χ3v) is 8.98. The predicted octanol–water partition coefficient (Wildman–Crippen LogP) is 4.11. The van der Waals surface area contributed by atoms with Crippen LogP contribution < -0.4 is 10.6 Å². The van der Waals surface area contributed by atoms with Crippen LogP contribution in [0.5, 0.6) is 0 Å². The summed E-state index contributed by atoms with van der Waals surface area (Å²) in [7, 11) is 1.74. The molecule has 4 atom stereocenters. The molecular weight excluding hydrogens is 558 g/mol. The molecule has 10 heteroatoms. The molecule has 0 radical (unpaired) electrons. The van der Waals surface area contributed by atoms with Crippen molar-refractivity contribution in [1.82, 2.24) is 25.3 Å². The van der Waals surface area contributed by atoms with Crippen molar-refractivity contribution in [2.45, 2.75) is 124 Å². The van der Waals surface area contributed by atoms with Crippen LogP contribution in [-0.4, -0.2) is 88.7 Å². The highest BCUT2D eigenvalue weighted by atomic mass is 16.3. The van der Waals surface area contributed by atoms with Crippen molar-refractivity contribution < 1.29 is 23.6 Å². The monoisotopic (exact) mass is 613 g/mol. The highest BCUT2D eigenvalue weighted by Crippen LogP contribution is 2.27. The summed E-state index contributed by atoms with van der Waals surface area (Å²) in [5, 5.41) is 6.01. The van der Waals surface area contributed by atoms with Crippen molar-refractivity contribution >= 4 is 23.6 Å². The van der Waals surface area contributed by atoms with Crippen LogP contribution >= 0.6 is 0 Å². The molecule has 3 rings (SSSR count). The molecule has 246 valence electrons. The van der Waals surface area contributed by atoms with E-state index in [-0.39, 0.29) is 54.2 Å². The van der Waals surface area contributed by atoms with Crippen molar-refractivity contribution in [3.05, 3.63) is 35.8 Å². The van der Waals surface area contributed by atoms with E-state index in [0.29, 0.717) is 24.3 Å². The number of amides is 4. The largest absolute Gasteiger partial charge is 0.467 e. The van der Waals surface area contributed by atoms with E-state index < -0.39 is 17.5 Å². The van der Waals surface area contributed by atoms with Gasteiger partial charge in [0.25, 0.3) is 0 Å². The van der Waals surface area contributed by atoms with E-state index in [4.69, 9.17) is 4.42 Å². The number of nitrogens with zero attached hydrogens (tertiary/aromatic N) is 3. The van der Waals surface area contributed by atoms with Crippen LogP contribution in [0.4, 0.5) is 0 Å². The van der Waals surface area contributed by atoms with Gasteiger partial charge >= 0.3 is 0 Å². The van der Waals surface area contributed by atoms with Gasteiger partial charge in [-0.25, -0.2) is 0 Å². The lowest BCUT2D eigenvalue weighted by Crippen LogP contribution is -2.60. The van der Waals surface area contributed by atoms with Crippen molar-refractivity contribution in [3.63, 3.8) is 0 Å². The van der Waals surface area contributed by atoms with Gasteiger partial charge in [0.15, 0.2) is 0 Å². The number of hydrogen-bond donors (Lipinski definition) is 2. The Hall–Kier alpha value is -3.14. The van der Waals surface area contributed by atoms with E-state index >= 15 is 0 Å². The molecule has 1 aromatic rings. The zero-order valence-corrected chi connectivity index (χ0v) is 28.3. The number of carbonyl (C=O) groups is 4. The fourth-order valence-electron chi connectivity index (χ4n) is 6.38. The first-order valence-electron chi connectivity index (χ1n) is 16.3. The van der Waals surface area contributed by atoms with Crippen LogP contribution in [0.25, 0.3) is 0 Å². The Balaban J connectivity index is 1.75. The molecule has 0 saturated carbocycles. The Morgan fingerprint density at radius 3 is 2.30 bits per heavy atom. The average Bonchev–Trinajstić information content (AvgIpc) is 3.68. The summed E-state index contributed by atoms with van der Waals surface area (Å²) in [4.78, 5) is 59.8. The summed E-state index contributed by atoms with van der Waals surface area (Å²) < 4.78 is 5.31. The third kappa shape index (κ3) is 8.73. The minimum absolute atomic E-state index is 0.00349. The zero-order chi connectivity index (χ0) is 32.8. The molecule has 0 bridgehead atoms. The highest BCUT2D eigenvalue weighted by molar-refractivity contribution is 5.97. The number of likely N-dealkylation sites (tertiary alicyclic amines) is 2. The minimum Gasteiger partial charge on any atom is -0.467 e. The SMILES string of the molecule is CC(=C[C@H](C(C)C)N(C)C(=O)[C@@H](NC(=O)C1CCCCN1C(C)C)C(C)(C)C)C(=O)N1CCC[C@H]1C(=O)NCc1ccco1. The summed E-state index contributed by atoms with van der Waals surface area (Å²) in [6, 6.07) is 1.88. The molecule has 2 fully saturated rings. The van der Waals surface area contributed by atoms with Gasteiger partial charge in [0.05, 0.1) is 24.9 Å². The smallest absolute Gasteiger partial charge is 0.249 e. The van der Waals surface area contributed by atoms with Crippen LogP contribution in [-0.2, 0) is 25.7 Å². The second-order valence-corrected chi connectivity index (χ2v) is 14.1. The molecule has 10 nitrogen and oxygen atoms in total. The van der Waals surface area contributed by atoms with Gasteiger partial charge in [-0.3, -0.25) is 24.1 Å². The summed E-state index contributed by atoms with van der Waals surface area (Å²) in [5.41, 5.74) is -0.0413. The predicted molar refractivity (Wildman–Crippen MR) is 171 cm³/mol. The number of furan rings is 1. The fraction of sp³-hybridized carbons (Fsp3) is 0.706. The summed E-state index contributed by atoms with van der Waals surface area (Å²) in [6.45, 7) is 17.5. The van der Waals surface area contributed by atoms with E-state index in [1.165, 1.54) is 0 Å². The number of carbonyl (C=O) groups excluding carboxylic acids is 4. The molecule has 4 amide bonds. The second-order valence-electron chi connectivity index (χ2n) is 14.1. The molecule has 2 aliphatic heterocycles. The van der Waals surface area contributed by atoms with Crippen LogP contribution in [0, 0.1) is 11.3 Å². The summed E-state index contributed by atoms with van der Waals surface area (Å²) >= 11 is 0. The number of piperidine rings is 1. The van der Waals surface area contributed by atoms with E-state index in [1.807, 2.05) is 40.7 Å². The van der Waals surface area contributed by atoms with E-state index in [1.54, 1.807) is 42.2 Å². The number of nitrogens with one attached hydrogen (secondary N) is 2. The average molecular weight is 614 g/mol. The van der Waals surface area contributed by atoms with Gasteiger partial charge in [0.1, 0.15) is 17.8 Å². The van der Waals surface area contributed by atoms with Gasteiger partial charge in [-0.05, 0) is 76.5 Å². The van der Waals surface area contributed by atoms with E-state index in [9.17, 15) is 19.2 Å². The van der Waals surface area contributed by atoms with Gasteiger partial charge < -0.3 is 24.9 Å². The highest BCUT2D eigenvalue weighted by Gasteiger charge is 2.40. The first-order chi connectivity index (χ1) is 20.6. The first-order valence-corrected chi connectivity index (χ1v) is 16.3. The summed E-state index contributed by atoms with van der Waals surface area (Å²) in [5.74, 6) is -0.0514. The van der Waals surface area contributed by atoms with Crippen molar-refractivity contribution in [2.24, 2.45) is 11.3 Å². The van der Waals surface area contributed by atoms with Crippen LogP contribution in [0.2, 0.25) is 0 Å². The quantitative estimate of drug-likeness (QED) is 0.363. The topological polar surface area (TPSA) is 115 Å². The van der Waals surface area contributed by atoms with Crippen molar-refractivity contribution in [1.29, 1.82) is 0 Å². The molecule has 44 heavy (non-hydrogen) atoms. The molecule has 2 aliphatic rings. The van der Waals surface area contributed by atoms with E-state index in [2.05, 4.69) is 29.4 Å². The van der Waals surface area contributed by atoms with Gasteiger partial charge in [-0.1, -0.05) is 47.1 Å². The lowest BCUT2D eigenvalue weighted by molar-refractivity contribution is -0.142. The molecule has 0 spiro atoms. The maximum Gasteiger partial charge on any atom is 0.249 e. The number of hydrogen-bond acceptors (Lipinski definition) is 6. The van der Waals surface area contributed by atoms with Gasteiger partial charge in [-0.2, -0.15) is 0 Å². The molecule has 0 aromatic carbocycles. The maximum absolute atomic E-state index is 14.1. The van der Waals surface area contributed by atoms with Crippen molar-refractivity contribution in [3.8, 4) is 0 Å². The maximum atomic E-state index is 14.1. The lowest BCUT2D eigenvalue weighted by atomic mass is 9.84. The molecule has 3 heterocycles. The zero-order valence-electron chi connectivity index (χ0n) is 28.3. The third-order valence-electron chi connectivity index (χ3n) is 8.98.